The van der Waals surface area contributed by atoms with Gasteiger partial charge in [-0.25, -0.2) is 4.98 Å². The second kappa shape index (κ2) is 7.26. The Morgan fingerprint density at radius 1 is 1.27 bits per heavy atom. The SMILES string of the molecule is Cc1cccn2cc(COc3ccccc3C(=O)NC(C)C(N)=O)nc12. The molecule has 2 aromatic heterocycles. The van der Waals surface area contributed by atoms with Gasteiger partial charge in [-0.1, -0.05) is 18.2 Å². The van der Waals surface area contributed by atoms with E-state index >= 15 is 0 Å². The smallest absolute Gasteiger partial charge is 0.255 e. The zero-order chi connectivity index (χ0) is 18.7. The van der Waals surface area contributed by atoms with Gasteiger partial charge in [-0.05, 0) is 37.6 Å². The number of amides is 2. The van der Waals surface area contributed by atoms with Crippen molar-refractivity contribution in [3.8, 4) is 5.75 Å². The highest BCUT2D eigenvalue weighted by Gasteiger charge is 2.17. The number of nitrogens with zero attached hydrogens (tertiary/aromatic N) is 2. The Labute approximate surface area is 150 Å². The highest BCUT2D eigenvalue weighted by molar-refractivity contribution is 5.99. The van der Waals surface area contributed by atoms with Gasteiger partial charge >= 0.3 is 0 Å². The van der Waals surface area contributed by atoms with Crippen LogP contribution in [0.3, 0.4) is 0 Å². The summed E-state index contributed by atoms with van der Waals surface area (Å²) in [5, 5.41) is 2.55. The number of ether oxygens (including phenoxy) is 1. The topological polar surface area (TPSA) is 98.7 Å². The molecule has 0 aliphatic carbocycles. The fourth-order valence-electron chi connectivity index (χ4n) is 2.55. The lowest BCUT2D eigenvalue weighted by atomic mass is 10.1. The minimum atomic E-state index is -0.767. The summed E-state index contributed by atoms with van der Waals surface area (Å²) >= 11 is 0. The van der Waals surface area contributed by atoms with Crippen LogP contribution in [0.2, 0.25) is 0 Å². The van der Waals surface area contributed by atoms with E-state index in [0.717, 1.165) is 16.9 Å². The molecule has 134 valence electrons. The maximum atomic E-state index is 12.4. The molecule has 1 atom stereocenters. The van der Waals surface area contributed by atoms with Gasteiger partial charge in [-0.3, -0.25) is 9.59 Å². The van der Waals surface area contributed by atoms with Crippen molar-refractivity contribution < 1.29 is 14.3 Å². The van der Waals surface area contributed by atoms with Crippen molar-refractivity contribution in [2.75, 3.05) is 0 Å². The monoisotopic (exact) mass is 352 g/mol. The maximum absolute atomic E-state index is 12.4. The first-order chi connectivity index (χ1) is 12.5. The van der Waals surface area contributed by atoms with Gasteiger partial charge in [0, 0.05) is 12.4 Å². The zero-order valence-electron chi connectivity index (χ0n) is 14.6. The minimum Gasteiger partial charge on any atom is -0.486 e. The number of pyridine rings is 1. The molecule has 0 saturated carbocycles. The van der Waals surface area contributed by atoms with Gasteiger partial charge in [0.05, 0.1) is 11.3 Å². The van der Waals surface area contributed by atoms with Crippen LogP contribution in [0.1, 0.15) is 28.5 Å². The molecule has 0 radical (unpaired) electrons. The Kier molecular flexibility index (Phi) is 4.88. The van der Waals surface area contributed by atoms with E-state index in [9.17, 15) is 9.59 Å². The summed E-state index contributed by atoms with van der Waals surface area (Å²) in [4.78, 5) is 28.0. The molecular formula is C19H20N4O3. The number of rotatable bonds is 6. The Hall–Kier alpha value is -3.35. The van der Waals surface area contributed by atoms with E-state index in [2.05, 4.69) is 10.3 Å². The lowest BCUT2D eigenvalue weighted by molar-refractivity contribution is -0.119. The average molecular weight is 352 g/mol. The van der Waals surface area contributed by atoms with Crippen LogP contribution in [0.4, 0.5) is 0 Å². The van der Waals surface area contributed by atoms with Crippen molar-refractivity contribution in [1.29, 1.82) is 0 Å². The first-order valence-electron chi connectivity index (χ1n) is 8.21. The summed E-state index contributed by atoms with van der Waals surface area (Å²) in [6, 6.07) is 10.0. The van der Waals surface area contributed by atoms with Crippen LogP contribution in [-0.4, -0.2) is 27.2 Å². The van der Waals surface area contributed by atoms with Crippen molar-refractivity contribution >= 4 is 17.5 Å². The number of carbonyl (C=O) groups excluding carboxylic acids is 2. The zero-order valence-corrected chi connectivity index (χ0v) is 14.6. The van der Waals surface area contributed by atoms with Crippen LogP contribution in [0.15, 0.2) is 48.8 Å². The number of benzene rings is 1. The fraction of sp³-hybridized carbons (Fsp3) is 0.211. The third-order valence-corrected chi connectivity index (χ3v) is 4.01. The third-order valence-electron chi connectivity index (χ3n) is 4.01. The molecule has 7 nitrogen and oxygen atoms in total. The molecule has 1 unspecified atom stereocenters. The number of hydrogen-bond acceptors (Lipinski definition) is 4. The number of fused-ring (bicyclic) bond motifs is 1. The largest absolute Gasteiger partial charge is 0.486 e. The molecule has 0 bridgehead atoms. The van der Waals surface area contributed by atoms with E-state index in [1.165, 1.54) is 6.92 Å². The van der Waals surface area contributed by atoms with E-state index in [0.29, 0.717) is 11.3 Å². The van der Waals surface area contributed by atoms with Crippen molar-refractivity contribution in [3.63, 3.8) is 0 Å². The van der Waals surface area contributed by atoms with Crippen LogP contribution < -0.4 is 15.8 Å². The Balaban J connectivity index is 1.76. The van der Waals surface area contributed by atoms with E-state index in [-0.39, 0.29) is 6.61 Å². The van der Waals surface area contributed by atoms with Crippen molar-refractivity contribution in [2.45, 2.75) is 26.5 Å². The molecule has 0 aliphatic heterocycles. The number of carbonyl (C=O) groups is 2. The molecule has 26 heavy (non-hydrogen) atoms. The highest BCUT2D eigenvalue weighted by Crippen LogP contribution is 2.20. The summed E-state index contributed by atoms with van der Waals surface area (Å²) in [7, 11) is 0. The van der Waals surface area contributed by atoms with Gasteiger partial charge < -0.3 is 20.2 Å². The first-order valence-corrected chi connectivity index (χ1v) is 8.21. The van der Waals surface area contributed by atoms with Gasteiger partial charge in [-0.15, -0.1) is 0 Å². The molecule has 2 amide bonds. The quantitative estimate of drug-likeness (QED) is 0.707. The van der Waals surface area contributed by atoms with Crippen LogP contribution in [0, 0.1) is 6.92 Å². The Morgan fingerprint density at radius 2 is 2.04 bits per heavy atom. The van der Waals surface area contributed by atoms with E-state index in [1.54, 1.807) is 24.3 Å². The second-order valence-corrected chi connectivity index (χ2v) is 6.04. The van der Waals surface area contributed by atoms with Crippen LogP contribution in [0.5, 0.6) is 5.75 Å². The van der Waals surface area contributed by atoms with Crippen molar-refractivity contribution in [2.24, 2.45) is 5.73 Å². The summed E-state index contributed by atoms with van der Waals surface area (Å²) in [6.07, 6.45) is 3.81. The van der Waals surface area contributed by atoms with Gasteiger partial charge in [-0.2, -0.15) is 0 Å². The highest BCUT2D eigenvalue weighted by atomic mass is 16.5. The number of nitrogens with two attached hydrogens (primary N) is 1. The molecule has 1 aromatic carbocycles. The number of nitrogens with one attached hydrogen (secondary N) is 1. The first kappa shape index (κ1) is 17.5. The number of aryl methyl sites for hydroxylation is 1. The van der Waals surface area contributed by atoms with Gasteiger partial charge in [0.25, 0.3) is 5.91 Å². The molecule has 0 aliphatic rings. The number of aromatic nitrogens is 2. The number of primary amides is 1. The standard InChI is InChI=1S/C19H20N4O3/c1-12-6-5-9-23-10-14(22-18(12)23)11-26-16-8-4-3-7-15(16)19(25)21-13(2)17(20)24/h3-10,13H,11H2,1-2H3,(H2,20,24)(H,21,25). The summed E-state index contributed by atoms with van der Waals surface area (Å²) in [5.41, 5.74) is 8.21. The Bertz CT molecular complexity index is 964. The lowest BCUT2D eigenvalue weighted by Crippen LogP contribution is -2.42. The molecule has 3 N–H and O–H groups in total. The van der Waals surface area contributed by atoms with Crippen LogP contribution in [-0.2, 0) is 11.4 Å². The second-order valence-electron chi connectivity index (χ2n) is 6.04. The van der Waals surface area contributed by atoms with Crippen LogP contribution in [0.25, 0.3) is 5.65 Å². The van der Waals surface area contributed by atoms with Gasteiger partial charge in [0.1, 0.15) is 24.0 Å². The average Bonchev–Trinajstić information content (AvgIpc) is 3.04. The van der Waals surface area contributed by atoms with Gasteiger partial charge in [0.15, 0.2) is 0 Å². The summed E-state index contributed by atoms with van der Waals surface area (Å²) in [6.45, 7) is 3.74. The third kappa shape index (κ3) is 3.66. The number of hydrogen-bond donors (Lipinski definition) is 2. The number of imidazole rings is 1. The molecule has 3 aromatic rings. The van der Waals surface area contributed by atoms with E-state index < -0.39 is 17.9 Å². The maximum Gasteiger partial charge on any atom is 0.255 e. The van der Waals surface area contributed by atoms with Crippen molar-refractivity contribution in [3.05, 3.63) is 65.6 Å². The van der Waals surface area contributed by atoms with Crippen molar-refractivity contribution in [1.82, 2.24) is 14.7 Å². The normalized spacial score (nSPS) is 11.9. The molecule has 0 saturated heterocycles. The minimum absolute atomic E-state index is 0.219. The molecule has 2 heterocycles. The summed E-state index contributed by atoms with van der Waals surface area (Å²) in [5.74, 6) is -0.606. The van der Waals surface area contributed by atoms with Crippen LogP contribution >= 0.6 is 0 Å². The predicted molar refractivity (Wildman–Crippen MR) is 96.8 cm³/mol. The molecular weight excluding hydrogens is 332 g/mol. The Morgan fingerprint density at radius 3 is 2.77 bits per heavy atom. The fourth-order valence-corrected chi connectivity index (χ4v) is 2.55. The van der Waals surface area contributed by atoms with E-state index in [4.69, 9.17) is 10.5 Å². The molecule has 7 heteroatoms. The molecule has 3 rings (SSSR count). The number of para-hydroxylation sites is 1. The predicted octanol–water partition coefficient (Wildman–Crippen LogP) is 1.83. The lowest BCUT2D eigenvalue weighted by Gasteiger charge is -2.13. The molecule has 0 fully saturated rings. The molecule has 0 spiro atoms. The van der Waals surface area contributed by atoms with Gasteiger partial charge in [0.2, 0.25) is 5.91 Å². The van der Waals surface area contributed by atoms with E-state index in [1.807, 2.05) is 35.9 Å². The summed E-state index contributed by atoms with van der Waals surface area (Å²) < 4.78 is 7.73.